The number of rotatable bonds is 6. The lowest BCUT2D eigenvalue weighted by Crippen LogP contribution is -2.21. The first kappa shape index (κ1) is 11.1. The van der Waals surface area contributed by atoms with Crippen LogP contribution in [0.2, 0.25) is 0 Å². The first-order valence-corrected chi connectivity index (χ1v) is 5.37. The van der Waals surface area contributed by atoms with Gasteiger partial charge in [0.15, 0.2) is 0 Å². The third-order valence-corrected chi connectivity index (χ3v) is 2.26. The van der Waals surface area contributed by atoms with Gasteiger partial charge in [0.1, 0.15) is 6.33 Å². The Kier molecular flexibility index (Phi) is 5.15. The Labute approximate surface area is 86.0 Å². The lowest BCUT2D eigenvalue weighted by molar-refractivity contribution is 0.483. The van der Waals surface area contributed by atoms with Crippen LogP contribution in [0.1, 0.15) is 44.8 Å². The molecule has 1 heterocycles. The fourth-order valence-electron chi connectivity index (χ4n) is 1.52. The second-order valence-corrected chi connectivity index (χ2v) is 3.39. The molecule has 0 spiro atoms. The minimum absolute atomic E-state index is 0.392. The number of hydrogen-bond acceptors (Lipinski definition) is 3. The summed E-state index contributed by atoms with van der Waals surface area (Å²) in [4.78, 5) is 8.21. The molecule has 1 rings (SSSR count). The number of nitrogens with one attached hydrogen (secondary N) is 1. The molecule has 1 N–H and O–H groups in total. The van der Waals surface area contributed by atoms with Gasteiger partial charge in [0.2, 0.25) is 0 Å². The molecule has 0 aliphatic rings. The van der Waals surface area contributed by atoms with Gasteiger partial charge in [-0.05, 0) is 19.0 Å². The number of unbranched alkanes of at least 4 members (excludes halogenated alkanes) is 1. The van der Waals surface area contributed by atoms with Gasteiger partial charge in [0.05, 0.1) is 5.69 Å². The van der Waals surface area contributed by atoms with Crippen molar-refractivity contribution in [2.45, 2.75) is 39.2 Å². The Morgan fingerprint density at radius 2 is 2.29 bits per heavy atom. The Bertz CT molecular complexity index is 236. The van der Waals surface area contributed by atoms with Gasteiger partial charge in [-0.1, -0.05) is 26.7 Å². The number of aromatic nitrogens is 2. The average Bonchev–Trinajstić information content (AvgIpc) is 2.25. The predicted octanol–water partition coefficient (Wildman–Crippen LogP) is 2.32. The fourth-order valence-corrected chi connectivity index (χ4v) is 1.52. The summed E-state index contributed by atoms with van der Waals surface area (Å²) >= 11 is 0. The van der Waals surface area contributed by atoms with Gasteiger partial charge in [-0.3, -0.25) is 0 Å². The van der Waals surface area contributed by atoms with E-state index in [1.807, 2.05) is 6.07 Å². The molecule has 1 unspecified atom stereocenters. The summed E-state index contributed by atoms with van der Waals surface area (Å²) in [5.74, 6) is 0. The normalized spacial score (nSPS) is 12.7. The molecule has 0 aromatic carbocycles. The Balaban J connectivity index is 2.58. The Morgan fingerprint density at radius 1 is 1.43 bits per heavy atom. The Morgan fingerprint density at radius 3 is 2.86 bits per heavy atom. The quantitative estimate of drug-likeness (QED) is 0.753. The highest BCUT2D eigenvalue weighted by Gasteiger charge is 2.09. The van der Waals surface area contributed by atoms with E-state index >= 15 is 0 Å². The van der Waals surface area contributed by atoms with Crippen LogP contribution in [0.15, 0.2) is 18.6 Å². The van der Waals surface area contributed by atoms with Crippen LogP contribution < -0.4 is 5.32 Å². The van der Waals surface area contributed by atoms with Gasteiger partial charge in [-0.25, -0.2) is 9.97 Å². The van der Waals surface area contributed by atoms with Crippen molar-refractivity contribution in [3.05, 3.63) is 24.3 Å². The Hall–Kier alpha value is -0.960. The van der Waals surface area contributed by atoms with E-state index in [0.717, 1.165) is 18.7 Å². The second kappa shape index (κ2) is 6.49. The maximum absolute atomic E-state index is 4.28. The van der Waals surface area contributed by atoms with Crippen molar-refractivity contribution in [1.29, 1.82) is 0 Å². The molecule has 0 aliphatic carbocycles. The molecule has 0 aliphatic heterocycles. The van der Waals surface area contributed by atoms with E-state index in [4.69, 9.17) is 0 Å². The van der Waals surface area contributed by atoms with Crippen LogP contribution in [-0.4, -0.2) is 16.5 Å². The van der Waals surface area contributed by atoms with Crippen LogP contribution in [0.4, 0.5) is 0 Å². The molecule has 0 bridgehead atoms. The van der Waals surface area contributed by atoms with Crippen molar-refractivity contribution in [1.82, 2.24) is 15.3 Å². The lowest BCUT2D eigenvalue weighted by atomic mass is 10.1. The summed E-state index contributed by atoms with van der Waals surface area (Å²) in [5, 5.41) is 3.44. The number of hydrogen-bond donors (Lipinski definition) is 1. The van der Waals surface area contributed by atoms with Crippen molar-refractivity contribution in [2.75, 3.05) is 6.54 Å². The molecule has 0 amide bonds. The number of nitrogens with zero attached hydrogens (tertiary/aromatic N) is 2. The summed E-state index contributed by atoms with van der Waals surface area (Å²) in [6, 6.07) is 2.38. The zero-order chi connectivity index (χ0) is 10.2. The highest BCUT2D eigenvalue weighted by molar-refractivity contribution is 5.04. The molecular formula is C11H19N3. The molecule has 3 heteroatoms. The van der Waals surface area contributed by atoms with Crippen molar-refractivity contribution >= 4 is 0 Å². The van der Waals surface area contributed by atoms with E-state index < -0.39 is 0 Å². The molecule has 0 saturated carbocycles. The standard InChI is InChI=1S/C11H19N3/c1-3-5-6-10(13-4-2)11-7-8-12-9-14-11/h7-10,13H,3-6H2,1-2H3. The lowest BCUT2D eigenvalue weighted by Gasteiger charge is -2.16. The SMILES string of the molecule is CCCCC(NCC)c1ccncn1. The van der Waals surface area contributed by atoms with Crippen LogP contribution in [0, 0.1) is 0 Å². The average molecular weight is 193 g/mol. The fraction of sp³-hybridized carbons (Fsp3) is 0.636. The van der Waals surface area contributed by atoms with Gasteiger partial charge in [0.25, 0.3) is 0 Å². The van der Waals surface area contributed by atoms with Gasteiger partial charge >= 0.3 is 0 Å². The van der Waals surface area contributed by atoms with Crippen molar-refractivity contribution in [2.24, 2.45) is 0 Å². The maximum Gasteiger partial charge on any atom is 0.115 e. The van der Waals surface area contributed by atoms with Crippen LogP contribution in [0.3, 0.4) is 0 Å². The molecule has 1 aromatic heterocycles. The minimum atomic E-state index is 0.392. The third-order valence-electron chi connectivity index (χ3n) is 2.26. The van der Waals surface area contributed by atoms with Crippen LogP contribution >= 0.6 is 0 Å². The molecule has 78 valence electrons. The minimum Gasteiger partial charge on any atom is -0.309 e. The first-order valence-electron chi connectivity index (χ1n) is 5.37. The molecule has 0 fully saturated rings. The third kappa shape index (κ3) is 3.42. The molecule has 0 saturated heterocycles. The van der Waals surface area contributed by atoms with Crippen molar-refractivity contribution < 1.29 is 0 Å². The zero-order valence-corrected chi connectivity index (χ0v) is 9.03. The largest absolute Gasteiger partial charge is 0.309 e. The second-order valence-electron chi connectivity index (χ2n) is 3.39. The van der Waals surface area contributed by atoms with Gasteiger partial charge in [-0.2, -0.15) is 0 Å². The van der Waals surface area contributed by atoms with Crippen LogP contribution in [0.5, 0.6) is 0 Å². The van der Waals surface area contributed by atoms with Gasteiger partial charge in [-0.15, -0.1) is 0 Å². The molecule has 14 heavy (non-hydrogen) atoms. The molecule has 1 atom stereocenters. The predicted molar refractivity (Wildman–Crippen MR) is 58.0 cm³/mol. The maximum atomic E-state index is 4.28. The summed E-state index contributed by atoms with van der Waals surface area (Å²) in [7, 11) is 0. The van der Waals surface area contributed by atoms with E-state index in [2.05, 4.69) is 29.1 Å². The highest BCUT2D eigenvalue weighted by Crippen LogP contribution is 2.16. The molecule has 3 nitrogen and oxygen atoms in total. The van der Waals surface area contributed by atoms with Crippen molar-refractivity contribution in [3.8, 4) is 0 Å². The molecule has 0 radical (unpaired) electrons. The summed E-state index contributed by atoms with van der Waals surface area (Å²) in [6.07, 6.45) is 7.04. The van der Waals surface area contributed by atoms with E-state index in [1.54, 1.807) is 12.5 Å². The van der Waals surface area contributed by atoms with E-state index in [1.165, 1.54) is 12.8 Å². The molecule has 1 aromatic rings. The van der Waals surface area contributed by atoms with E-state index in [0.29, 0.717) is 6.04 Å². The monoisotopic (exact) mass is 193 g/mol. The van der Waals surface area contributed by atoms with E-state index in [9.17, 15) is 0 Å². The van der Waals surface area contributed by atoms with Gasteiger partial charge < -0.3 is 5.32 Å². The summed E-state index contributed by atoms with van der Waals surface area (Å²) < 4.78 is 0. The van der Waals surface area contributed by atoms with Crippen LogP contribution in [-0.2, 0) is 0 Å². The van der Waals surface area contributed by atoms with Gasteiger partial charge in [0, 0.05) is 12.2 Å². The zero-order valence-electron chi connectivity index (χ0n) is 9.03. The first-order chi connectivity index (χ1) is 6.88. The smallest absolute Gasteiger partial charge is 0.115 e. The van der Waals surface area contributed by atoms with Crippen LogP contribution in [0.25, 0.3) is 0 Å². The van der Waals surface area contributed by atoms with Crippen molar-refractivity contribution in [3.63, 3.8) is 0 Å². The molecular weight excluding hydrogens is 174 g/mol. The summed E-state index contributed by atoms with van der Waals surface area (Å²) in [5.41, 5.74) is 1.11. The summed E-state index contributed by atoms with van der Waals surface area (Å²) in [6.45, 7) is 5.32. The van der Waals surface area contributed by atoms with E-state index in [-0.39, 0.29) is 0 Å². The topological polar surface area (TPSA) is 37.8 Å². The highest BCUT2D eigenvalue weighted by atomic mass is 14.9.